The number of alkyl halides is 3. The van der Waals surface area contributed by atoms with Crippen LogP contribution in [0.5, 0.6) is 0 Å². The Hall–Kier alpha value is -1.82. The lowest BCUT2D eigenvalue weighted by Gasteiger charge is -2.18. The van der Waals surface area contributed by atoms with Crippen LogP contribution in [0.4, 0.5) is 13.2 Å². The molecule has 0 bridgehead atoms. The van der Waals surface area contributed by atoms with E-state index in [1.807, 2.05) is 0 Å². The van der Waals surface area contributed by atoms with Gasteiger partial charge in [0.15, 0.2) is 0 Å². The van der Waals surface area contributed by atoms with Gasteiger partial charge in [-0.25, -0.2) is 4.98 Å². The van der Waals surface area contributed by atoms with Crippen molar-refractivity contribution in [2.45, 2.75) is 31.2 Å². The van der Waals surface area contributed by atoms with Crippen molar-refractivity contribution in [3.63, 3.8) is 0 Å². The molecule has 1 aliphatic rings. The standard InChI is InChI=1S/C14H13F3N2O/c15-14(16,17)11-4-2-1-3-10(11)13(20)12-7-18-8-19(12)9-5-6-9/h1-4,7-9,13,20H,5-6H2. The van der Waals surface area contributed by atoms with Gasteiger partial charge in [-0.15, -0.1) is 0 Å². The van der Waals surface area contributed by atoms with Gasteiger partial charge in [-0.2, -0.15) is 13.2 Å². The molecule has 106 valence electrons. The zero-order chi connectivity index (χ0) is 14.3. The van der Waals surface area contributed by atoms with Crippen molar-refractivity contribution in [1.29, 1.82) is 0 Å². The van der Waals surface area contributed by atoms with Gasteiger partial charge in [0.25, 0.3) is 0 Å². The van der Waals surface area contributed by atoms with Crippen LogP contribution >= 0.6 is 0 Å². The minimum atomic E-state index is -4.48. The minimum Gasteiger partial charge on any atom is -0.382 e. The molecule has 1 atom stereocenters. The van der Waals surface area contributed by atoms with E-state index < -0.39 is 17.8 Å². The molecule has 1 heterocycles. The summed E-state index contributed by atoms with van der Waals surface area (Å²) in [4.78, 5) is 3.94. The van der Waals surface area contributed by atoms with Crippen molar-refractivity contribution in [1.82, 2.24) is 9.55 Å². The number of aliphatic hydroxyl groups is 1. The number of aromatic nitrogens is 2. The molecule has 1 aromatic heterocycles. The maximum absolute atomic E-state index is 13.0. The van der Waals surface area contributed by atoms with Gasteiger partial charge >= 0.3 is 6.18 Å². The maximum atomic E-state index is 13.0. The van der Waals surface area contributed by atoms with Gasteiger partial charge in [0, 0.05) is 6.04 Å². The quantitative estimate of drug-likeness (QED) is 0.937. The Bertz CT molecular complexity index is 617. The van der Waals surface area contributed by atoms with Crippen molar-refractivity contribution < 1.29 is 18.3 Å². The highest BCUT2D eigenvalue weighted by Gasteiger charge is 2.36. The molecule has 0 amide bonds. The van der Waals surface area contributed by atoms with Gasteiger partial charge < -0.3 is 9.67 Å². The second kappa shape index (κ2) is 4.63. The lowest BCUT2D eigenvalue weighted by Crippen LogP contribution is -2.14. The second-order valence-corrected chi connectivity index (χ2v) is 4.94. The monoisotopic (exact) mass is 282 g/mol. The lowest BCUT2D eigenvalue weighted by molar-refractivity contribution is -0.139. The van der Waals surface area contributed by atoms with E-state index in [0.29, 0.717) is 5.69 Å². The molecule has 0 aliphatic heterocycles. The van der Waals surface area contributed by atoms with Crippen molar-refractivity contribution in [3.8, 4) is 0 Å². The third-order valence-corrected chi connectivity index (χ3v) is 3.48. The molecule has 6 heteroatoms. The van der Waals surface area contributed by atoms with Gasteiger partial charge in [0.2, 0.25) is 0 Å². The number of benzene rings is 1. The van der Waals surface area contributed by atoms with Crippen LogP contribution in [0.25, 0.3) is 0 Å². The first-order valence-electron chi connectivity index (χ1n) is 6.34. The SMILES string of the molecule is OC(c1ccccc1C(F)(F)F)c1cncn1C1CC1. The Balaban J connectivity index is 2.02. The van der Waals surface area contributed by atoms with Crippen LogP contribution in [0.15, 0.2) is 36.8 Å². The highest BCUT2D eigenvalue weighted by atomic mass is 19.4. The van der Waals surface area contributed by atoms with E-state index in [9.17, 15) is 18.3 Å². The summed E-state index contributed by atoms with van der Waals surface area (Å²) in [6.45, 7) is 0. The van der Waals surface area contributed by atoms with Crippen molar-refractivity contribution in [2.24, 2.45) is 0 Å². The van der Waals surface area contributed by atoms with Gasteiger partial charge in [0.05, 0.1) is 23.8 Å². The zero-order valence-corrected chi connectivity index (χ0v) is 10.5. The van der Waals surface area contributed by atoms with Crippen LogP contribution in [0, 0.1) is 0 Å². The molecule has 0 saturated heterocycles. The highest BCUT2D eigenvalue weighted by Crippen LogP contribution is 2.40. The van der Waals surface area contributed by atoms with E-state index in [1.165, 1.54) is 24.4 Å². The summed E-state index contributed by atoms with van der Waals surface area (Å²) in [6, 6.07) is 5.34. The minimum absolute atomic E-state index is 0.137. The van der Waals surface area contributed by atoms with Crippen LogP contribution in [-0.4, -0.2) is 14.7 Å². The normalized spacial score (nSPS) is 17.2. The second-order valence-electron chi connectivity index (χ2n) is 4.94. The fraction of sp³-hybridized carbons (Fsp3) is 0.357. The van der Waals surface area contributed by atoms with E-state index in [2.05, 4.69) is 4.98 Å². The lowest BCUT2D eigenvalue weighted by atomic mass is 10.00. The summed E-state index contributed by atoms with van der Waals surface area (Å²) in [5.74, 6) is 0. The number of halogens is 3. The molecule has 1 saturated carbocycles. The summed E-state index contributed by atoms with van der Waals surface area (Å²) in [7, 11) is 0. The number of rotatable bonds is 3. The highest BCUT2D eigenvalue weighted by molar-refractivity contribution is 5.35. The van der Waals surface area contributed by atoms with Crippen molar-refractivity contribution in [2.75, 3.05) is 0 Å². The van der Waals surface area contributed by atoms with Crippen LogP contribution < -0.4 is 0 Å². The summed E-state index contributed by atoms with van der Waals surface area (Å²) < 4.78 is 40.7. The first-order valence-corrected chi connectivity index (χ1v) is 6.34. The Morgan fingerprint density at radius 2 is 1.95 bits per heavy atom. The molecule has 20 heavy (non-hydrogen) atoms. The topological polar surface area (TPSA) is 38.1 Å². The van der Waals surface area contributed by atoms with E-state index in [1.54, 1.807) is 10.9 Å². The third-order valence-electron chi connectivity index (χ3n) is 3.48. The number of hydrogen-bond acceptors (Lipinski definition) is 2. The smallest absolute Gasteiger partial charge is 0.382 e. The fourth-order valence-corrected chi connectivity index (χ4v) is 2.34. The van der Waals surface area contributed by atoms with Crippen molar-refractivity contribution in [3.05, 3.63) is 53.6 Å². The number of aliphatic hydroxyl groups excluding tert-OH is 1. The Labute approximate surface area is 113 Å². The van der Waals surface area contributed by atoms with E-state index >= 15 is 0 Å². The van der Waals surface area contributed by atoms with Gasteiger partial charge in [-0.3, -0.25) is 0 Å². The third kappa shape index (κ3) is 2.31. The summed E-state index contributed by atoms with van der Waals surface area (Å²) in [6.07, 6.45) is -0.880. The predicted octanol–water partition coefficient (Wildman–Crippen LogP) is 3.32. The average Bonchev–Trinajstić information content (AvgIpc) is 3.14. The van der Waals surface area contributed by atoms with Crippen LogP contribution in [0.1, 0.15) is 41.8 Å². The average molecular weight is 282 g/mol. The largest absolute Gasteiger partial charge is 0.416 e. The summed E-state index contributed by atoms with van der Waals surface area (Å²) in [5.41, 5.74) is -0.539. The van der Waals surface area contributed by atoms with Crippen LogP contribution in [-0.2, 0) is 6.18 Å². The van der Waals surface area contributed by atoms with Crippen molar-refractivity contribution >= 4 is 0 Å². The van der Waals surface area contributed by atoms with Crippen LogP contribution in [0.3, 0.4) is 0 Å². The predicted molar refractivity (Wildman–Crippen MR) is 66.0 cm³/mol. The van der Waals surface area contributed by atoms with E-state index in [0.717, 1.165) is 18.9 Å². The Kier molecular flexibility index (Phi) is 3.05. The molecule has 1 aliphatic carbocycles. The number of nitrogens with zero attached hydrogens (tertiary/aromatic N) is 2. The van der Waals surface area contributed by atoms with E-state index in [4.69, 9.17) is 0 Å². The molecule has 1 aromatic carbocycles. The Morgan fingerprint density at radius 1 is 1.25 bits per heavy atom. The molecule has 0 spiro atoms. The molecule has 1 unspecified atom stereocenters. The molecule has 3 rings (SSSR count). The molecular weight excluding hydrogens is 269 g/mol. The van der Waals surface area contributed by atoms with Gasteiger partial charge in [0.1, 0.15) is 6.10 Å². The zero-order valence-electron chi connectivity index (χ0n) is 10.5. The summed E-state index contributed by atoms with van der Waals surface area (Å²) >= 11 is 0. The first kappa shape index (κ1) is 13.2. The summed E-state index contributed by atoms with van der Waals surface area (Å²) in [5, 5.41) is 10.3. The van der Waals surface area contributed by atoms with Gasteiger partial charge in [-0.05, 0) is 24.5 Å². The van der Waals surface area contributed by atoms with Gasteiger partial charge in [-0.1, -0.05) is 18.2 Å². The molecule has 3 nitrogen and oxygen atoms in total. The van der Waals surface area contributed by atoms with Crippen LogP contribution in [0.2, 0.25) is 0 Å². The molecular formula is C14H13F3N2O. The molecule has 1 fully saturated rings. The number of imidazole rings is 1. The molecule has 0 radical (unpaired) electrons. The Morgan fingerprint density at radius 3 is 2.60 bits per heavy atom. The molecule has 1 N–H and O–H groups in total. The van der Waals surface area contributed by atoms with E-state index in [-0.39, 0.29) is 11.6 Å². The molecule has 2 aromatic rings. The first-order chi connectivity index (χ1) is 9.48. The fourth-order valence-electron chi connectivity index (χ4n) is 2.34. The maximum Gasteiger partial charge on any atom is 0.416 e. The number of hydrogen-bond donors (Lipinski definition) is 1.